The molecule has 0 aliphatic rings. The Morgan fingerprint density at radius 1 is 1.32 bits per heavy atom. The lowest BCUT2D eigenvalue weighted by Crippen LogP contribution is -2.37. The topological polar surface area (TPSA) is 83.6 Å². The van der Waals surface area contributed by atoms with Crippen LogP contribution in [-0.4, -0.2) is 30.1 Å². The van der Waals surface area contributed by atoms with Gasteiger partial charge in [0, 0.05) is 12.1 Å². The number of rotatable bonds is 7. The van der Waals surface area contributed by atoms with Crippen molar-refractivity contribution in [3.05, 3.63) is 30.3 Å². The molecule has 0 fully saturated rings. The van der Waals surface area contributed by atoms with E-state index in [-0.39, 0.29) is 24.8 Å². The Kier molecular flexibility index (Phi) is 6.02. The van der Waals surface area contributed by atoms with E-state index in [1.54, 1.807) is 24.3 Å². The average molecular weight is 264 g/mol. The normalized spacial score (nSPS) is 11.9. The first-order valence-corrected chi connectivity index (χ1v) is 6.35. The fourth-order valence-corrected chi connectivity index (χ4v) is 1.82. The number of carbonyl (C=O) groups excluding carboxylic acids is 1. The highest BCUT2D eigenvalue weighted by Crippen LogP contribution is 2.17. The van der Waals surface area contributed by atoms with Gasteiger partial charge in [-0.05, 0) is 24.6 Å². The molecule has 0 saturated heterocycles. The van der Waals surface area contributed by atoms with Crippen LogP contribution in [0.2, 0.25) is 0 Å². The van der Waals surface area contributed by atoms with Crippen LogP contribution in [0.4, 0.5) is 5.69 Å². The van der Waals surface area contributed by atoms with E-state index < -0.39 is 5.97 Å². The summed E-state index contributed by atoms with van der Waals surface area (Å²) >= 11 is 0. The molecule has 1 amide bonds. The van der Waals surface area contributed by atoms with Crippen molar-refractivity contribution in [3.63, 3.8) is 0 Å². The Morgan fingerprint density at radius 3 is 2.42 bits per heavy atom. The summed E-state index contributed by atoms with van der Waals surface area (Å²) in [4.78, 5) is 24.4. The standard InChI is InChI=1S/C14H20N2O3/c1-2-11(9-15)8-13(17)16(10-14(18)19)12-6-4-3-5-7-12/h3-7,11H,2,8-10,15H2,1H3,(H,18,19). The lowest BCUT2D eigenvalue weighted by molar-refractivity contribution is -0.136. The van der Waals surface area contributed by atoms with Gasteiger partial charge >= 0.3 is 5.97 Å². The van der Waals surface area contributed by atoms with E-state index in [0.717, 1.165) is 6.42 Å². The largest absolute Gasteiger partial charge is 0.480 e. The number of carboxylic acids is 1. The summed E-state index contributed by atoms with van der Waals surface area (Å²) in [6.07, 6.45) is 1.08. The predicted octanol–water partition coefficient (Wildman–Crippen LogP) is 1.48. The molecule has 0 spiro atoms. The summed E-state index contributed by atoms with van der Waals surface area (Å²) in [7, 11) is 0. The lowest BCUT2D eigenvalue weighted by Gasteiger charge is -2.23. The number of hydrogen-bond acceptors (Lipinski definition) is 3. The van der Waals surface area contributed by atoms with Gasteiger partial charge in [-0.2, -0.15) is 0 Å². The second-order valence-electron chi connectivity index (χ2n) is 4.42. The molecule has 1 rings (SSSR count). The Hall–Kier alpha value is -1.88. The van der Waals surface area contributed by atoms with Crippen molar-refractivity contribution in [2.75, 3.05) is 18.0 Å². The number of aliphatic carboxylic acids is 1. The van der Waals surface area contributed by atoms with Crippen LogP contribution in [0.25, 0.3) is 0 Å². The number of benzene rings is 1. The molecule has 1 atom stereocenters. The number of carbonyl (C=O) groups is 2. The molecule has 0 bridgehead atoms. The van der Waals surface area contributed by atoms with E-state index in [9.17, 15) is 9.59 Å². The van der Waals surface area contributed by atoms with Crippen molar-refractivity contribution in [2.45, 2.75) is 19.8 Å². The van der Waals surface area contributed by atoms with Gasteiger partial charge in [0.1, 0.15) is 6.54 Å². The van der Waals surface area contributed by atoms with Crippen molar-refractivity contribution in [3.8, 4) is 0 Å². The SMILES string of the molecule is CCC(CN)CC(=O)N(CC(=O)O)c1ccccc1. The number of anilines is 1. The molecular weight excluding hydrogens is 244 g/mol. The van der Waals surface area contributed by atoms with Gasteiger partial charge in [-0.25, -0.2) is 0 Å². The predicted molar refractivity (Wildman–Crippen MR) is 73.9 cm³/mol. The molecule has 0 aliphatic heterocycles. The van der Waals surface area contributed by atoms with Gasteiger partial charge in [0.05, 0.1) is 0 Å². The fourth-order valence-electron chi connectivity index (χ4n) is 1.82. The number of carboxylic acid groups (broad SMARTS) is 1. The highest BCUT2D eigenvalue weighted by atomic mass is 16.4. The van der Waals surface area contributed by atoms with Gasteiger partial charge in [0.25, 0.3) is 0 Å². The van der Waals surface area contributed by atoms with Gasteiger partial charge in [0.15, 0.2) is 0 Å². The molecule has 1 aromatic carbocycles. The van der Waals surface area contributed by atoms with Crippen LogP contribution >= 0.6 is 0 Å². The van der Waals surface area contributed by atoms with E-state index >= 15 is 0 Å². The van der Waals surface area contributed by atoms with Crippen LogP contribution in [-0.2, 0) is 9.59 Å². The third kappa shape index (κ3) is 4.71. The molecule has 5 nitrogen and oxygen atoms in total. The maximum Gasteiger partial charge on any atom is 0.323 e. The van der Waals surface area contributed by atoms with Crippen molar-refractivity contribution < 1.29 is 14.7 Å². The van der Waals surface area contributed by atoms with E-state index in [4.69, 9.17) is 10.8 Å². The van der Waals surface area contributed by atoms with Crippen LogP contribution in [0.1, 0.15) is 19.8 Å². The highest BCUT2D eigenvalue weighted by molar-refractivity contribution is 5.97. The number of para-hydroxylation sites is 1. The van der Waals surface area contributed by atoms with Crippen LogP contribution in [0.3, 0.4) is 0 Å². The van der Waals surface area contributed by atoms with Crippen molar-refractivity contribution >= 4 is 17.6 Å². The number of nitrogens with two attached hydrogens (primary N) is 1. The smallest absolute Gasteiger partial charge is 0.323 e. The highest BCUT2D eigenvalue weighted by Gasteiger charge is 2.21. The first kappa shape index (κ1) is 15.2. The number of amides is 1. The monoisotopic (exact) mass is 264 g/mol. The Labute approximate surface area is 113 Å². The van der Waals surface area contributed by atoms with Crippen LogP contribution in [0, 0.1) is 5.92 Å². The molecule has 0 aliphatic carbocycles. The quantitative estimate of drug-likeness (QED) is 0.781. The van der Waals surface area contributed by atoms with Crippen LogP contribution in [0.15, 0.2) is 30.3 Å². The summed E-state index contributed by atoms with van der Waals surface area (Å²) < 4.78 is 0. The second kappa shape index (κ2) is 7.53. The van der Waals surface area contributed by atoms with Crippen molar-refractivity contribution in [1.29, 1.82) is 0 Å². The molecule has 0 saturated carbocycles. The second-order valence-corrected chi connectivity index (χ2v) is 4.42. The zero-order valence-electron chi connectivity index (χ0n) is 11.1. The fraction of sp³-hybridized carbons (Fsp3) is 0.429. The number of nitrogens with zero attached hydrogens (tertiary/aromatic N) is 1. The summed E-state index contributed by atoms with van der Waals surface area (Å²) in [5, 5.41) is 8.92. The van der Waals surface area contributed by atoms with Gasteiger partial charge in [-0.15, -0.1) is 0 Å². The van der Waals surface area contributed by atoms with Crippen LogP contribution in [0.5, 0.6) is 0 Å². The zero-order chi connectivity index (χ0) is 14.3. The first-order valence-electron chi connectivity index (χ1n) is 6.35. The molecule has 0 aromatic heterocycles. The summed E-state index contributed by atoms with van der Waals surface area (Å²) in [6.45, 7) is 2.07. The van der Waals surface area contributed by atoms with E-state index in [2.05, 4.69) is 0 Å². The van der Waals surface area contributed by atoms with E-state index in [1.165, 1.54) is 4.90 Å². The molecule has 104 valence electrons. The maximum atomic E-state index is 12.2. The van der Waals surface area contributed by atoms with Gasteiger partial charge < -0.3 is 15.7 Å². The average Bonchev–Trinajstić information content (AvgIpc) is 2.42. The van der Waals surface area contributed by atoms with Crippen LogP contribution < -0.4 is 10.6 Å². The molecule has 0 heterocycles. The molecule has 1 aromatic rings. The Bertz CT molecular complexity index is 416. The molecule has 19 heavy (non-hydrogen) atoms. The molecule has 1 unspecified atom stereocenters. The van der Waals surface area contributed by atoms with Gasteiger partial charge in [-0.1, -0.05) is 31.5 Å². The minimum atomic E-state index is -1.03. The summed E-state index contributed by atoms with van der Waals surface area (Å²) in [5.41, 5.74) is 6.18. The van der Waals surface area contributed by atoms with Gasteiger partial charge in [-0.3, -0.25) is 9.59 Å². The molecule has 0 radical (unpaired) electrons. The van der Waals surface area contributed by atoms with Crippen molar-refractivity contribution in [1.82, 2.24) is 0 Å². The lowest BCUT2D eigenvalue weighted by atomic mass is 10.0. The molecular formula is C14H20N2O3. The minimum Gasteiger partial charge on any atom is -0.480 e. The third-order valence-corrected chi connectivity index (χ3v) is 3.04. The first-order chi connectivity index (χ1) is 9.08. The summed E-state index contributed by atoms with van der Waals surface area (Å²) in [5.74, 6) is -1.14. The third-order valence-electron chi connectivity index (χ3n) is 3.04. The van der Waals surface area contributed by atoms with E-state index in [1.807, 2.05) is 13.0 Å². The van der Waals surface area contributed by atoms with Gasteiger partial charge in [0.2, 0.25) is 5.91 Å². The number of hydrogen-bond donors (Lipinski definition) is 2. The Morgan fingerprint density at radius 2 is 1.95 bits per heavy atom. The molecule has 3 N–H and O–H groups in total. The summed E-state index contributed by atoms with van der Waals surface area (Å²) in [6, 6.07) is 8.82. The van der Waals surface area contributed by atoms with E-state index in [0.29, 0.717) is 12.2 Å². The Balaban J connectivity index is 2.85. The zero-order valence-corrected chi connectivity index (χ0v) is 11.1. The maximum absolute atomic E-state index is 12.2. The molecule has 5 heteroatoms. The van der Waals surface area contributed by atoms with Crippen molar-refractivity contribution in [2.24, 2.45) is 11.7 Å². The minimum absolute atomic E-state index is 0.0903.